The van der Waals surface area contributed by atoms with Crippen molar-refractivity contribution in [3.05, 3.63) is 0 Å². The number of nitrogens with zero attached hydrogens (tertiary/aromatic N) is 1. The van der Waals surface area contributed by atoms with Gasteiger partial charge in [0.25, 0.3) is 0 Å². The summed E-state index contributed by atoms with van der Waals surface area (Å²) < 4.78 is 10.6. The maximum absolute atomic E-state index is 5.32. The smallest absolute Gasteiger partial charge is 0.0630 e. The van der Waals surface area contributed by atoms with E-state index < -0.39 is 0 Å². The summed E-state index contributed by atoms with van der Waals surface area (Å²) in [4.78, 5) is 2.43. The molecular formula is C13H30N2O2. The van der Waals surface area contributed by atoms with Crippen molar-refractivity contribution in [2.75, 3.05) is 40.5 Å². The van der Waals surface area contributed by atoms with Crippen LogP contribution in [0.1, 0.15) is 27.7 Å². The first-order chi connectivity index (χ1) is 8.06. The zero-order valence-corrected chi connectivity index (χ0v) is 12.3. The van der Waals surface area contributed by atoms with Crippen molar-refractivity contribution in [3.63, 3.8) is 0 Å². The molecule has 2 atom stereocenters. The van der Waals surface area contributed by atoms with E-state index in [1.165, 1.54) is 0 Å². The number of hydrogen-bond donors (Lipinski definition) is 1. The number of likely N-dealkylation sites (N-methyl/N-ethyl adjacent to an activating group) is 1. The van der Waals surface area contributed by atoms with E-state index in [-0.39, 0.29) is 0 Å². The molecule has 4 nitrogen and oxygen atoms in total. The van der Waals surface area contributed by atoms with Gasteiger partial charge in [0.05, 0.1) is 13.2 Å². The minimum Gasteiger partial charge on any atom is -0.383 e. The highest BCUT2D eigenvalue weighted by atomic mass is 16.5. The van der Waals surface area contributed by atoms with E-state index in [9.17, 15) is 0 Å². The van der Waals surface area contributed by atoms with Gasteiger partial charge >= 0.3 is 0 Å². The van der Waals surface area contributed by atoms with Crippen LogP contribution < -0.4 is 5.32 Å². The third-order valence-electron chi connectivity index (χ3n) is 2.93. The number of nitrogens with one attached hydrogen (secondary N) is 1. The Balaban J connectivity index is 4.38. The average Bonchev–Trinajstić information content (AvgIpc) is 2.27. The van der Waals surface area contributed by atoms with Crippen LogP contribution in [0.4, 0.5) is 0 Å². The first-order valence-corrected chi connectivity index (χ1v) is 6.53. The van der Waals surface area contributed by atoms with Gasteiger partial charge in [-0.2, -0.15) is 0 Å². The first kappa shape index (κ1) is 16.8. The maximum atomic E-state index is 5.32. The number of ether oxygens (including phenoxy) is 2. The minimum absolute atomic E-state index is 0.401. The lowest BCUT2D eigenvalue weighted by atomic mass is 10.2. The molecule has 104 valence electrons. The van der Waals surface area contributed by atoms with E-state index in [0.29, 0.717) is 18.1 Å². The molecule has 2 unspecified atom stereocenters. The van der Waals surface area contributed by atoms with Crippen molar-refractivity contribution in [2.45, 2.75) is 45.8 Å². The summed E-state index contributed by atoms with van der Waals surface area (Å²) >= 11 is 0. The van der Waals surface area contributed by atoms with Crippen molar-refractivity contribution in [3.8, 4) is 0 Å². The first-order valence-electron chi connectivity index (χ1n) is 6.53. The van der Waals surface area contributed by atoms with Crippen molar-refractivity contribution in [1.29, 1.82) is 0 Å². The summed E-state index contributed by atoms with van der Waals surface area (Å²) in [6, 6.07) is 1.32. The molecule has 0 heterocycles. The molecule has 0 spiro atoms. The normalized spacial score (nSPS) is 15.5. The van der Waals surface area contributed by atoms with E-state index in [0.717, 1.165) is 26.3 Å². The summed E-state index contributed by atoms with van der Waals surface area (Å²) in [6.07, 6.45) is 0. The molecule has 0 aliphatic heterocycles. The maximum Gasteiger partial charge on any atom is 0.0630 e. The Kier molecular flexibility index (Phi) is 9.74. The van der Waals surface area contributed by atoms with E-state index in [2.05, 4.69) is 37.9 Å². The zero-order valence-electron chi connectivity index (χ0n) is 12.3. The molecule has 0 saturated carbocycles. The van der Waals surface area contributed by atoms with Gasteiger partial charge in [0.15, 0.2) is 0 Å². The van der Waals surface area contributed by atoms with Crippen LogP contribution in [0.15, 0.2) is 0 Å². The molecule has 0 aromatic heterocycles. The van der Waals surface area contributed by atoms with Crippen LogP contribution in [0, 0.1) is 0 Å². The van der Waals surface area contributed by atoms with Crippen LogP contribution in [-0.2, 0) is 9.47 Å². The SMILES string of the molecule is CCN(C(C)COC)C(CNC(C)C)COC. The molecule has 0 radical (unpaired) electrons. The lowest BCUT2D eigenvalue weighted by Gasteiger charge is -2.35. The monoisotopic (exact) mass is 246 g/mol. The molecule has 0 fully saturated rings. The molecule has 0 aliphatic carbocycles. The molecular weight excluding hydrogens is 216 g/mol. The molecule has 0 aromatic carbocycles. The van der Waals surface area contributed by atoms with Gasteiger partial charge in [0.1, 0.15) is 0 Å². The van der Waals surface area contributed by atoms with Gasteiger partial charge in [-0.3, -0.25) is 4.90 Å². The fourth-order valence-corrected chi connectivity index (χ4v) is 2.10. The van der Waals surface area contributed by atoms with E-state index in [1.807, 2.05) is 0 Å². The third kappa shape index (κ3) is 6.99. The molecule has 0 aliphatic rings. The molecule has 17 heavy (non-hydrogen) atoms. The highest BCUT2D eigenvalue weighted by Crippen LogP contribution is 2.06. The van der Waals surface area contributed by atoms with Crippen LogP contribution in [0.5, 0.6) is 0 Å². The summed E-state index contributed by atoms with van der Waals surface area (Å²) in [6.45, 7) is 12.2. The van der Waals surface area contributed by atoms with Gasteiger partial charge in [-0.15, -0.1) is 0 Å². The Bertz CT molecular complexity index is 177. The van der Waals surface area contributed by atoms with Gasteiger partial charge < -0.3 is 14.8 Å². The summed E-state index contributed by atoms with van der Waals surface area (Å²) in [5.74, 6) is 0. The molecule has 0 saturated heterocycles. The average molecular weight is 246 g/mol. The molecule has 0 amide bonds. The zero-order chi connectivity index (χ0) is 13.3. The lowest BCUT2D eigenvalue weighted by molar-refractivity contribution is 0.0354. The predicted octanol–water partition coefficient (Wildman–Crippen LogP) is 1.36. The predicted molar refractivity (Wildman–Crippen MR) is 72.5 cm³/mol. The number of methoxy groups -OCH3 is 2. The fourth-order valence-electron chi connectivity index (χ4n) is 2.10. The van der Waals surface area contributed by atoms with Crippen LogP contribution >= 0.6 is 0 Å². The van der Waals surface area contributed by atoms with Crippen LogP contribution in [-0.4, -0.2) is 63.5 Å². The summed E-state index contributed by atoms with van der Waals surface area (Å²) in [5.41, 5.74) is 0. The Hall–Kier alpha value is -0.160. The summed E-state index contributed by atoms with van der Waals surface area (Å²) in [5, 5.41) is 3.48. The fraction of sp³-hybridized carbons (Fsp3) is 1.00. The minimum atomic E-state index is 0.401. The van der Waals surface area contributed by atoms with Gasteiger partial charge in [-0.1, -0.05) is 20.8 Å². The summed E-state index contributed by atoms with van der Waals surface area (Å²) in [7, 11) is 3.51. The Labute approximate surface area is 107 Å². The van der Waals surface area contributed by atoms with Crippen molar-refractivity contribution in [1.82, 2.24) is 10.2 Å². The highest BCUT2D eigenvalue weighted by molar-refractivity contribution is 4.78. The van der Waals surface area contributed by atoms with Gasteiger partial charge in [0, 0.05) is 38.9 Å². The molecule has 0 bridgehead atoms. The Morgan fingerprint density at radius 3 is 2.06 bits per heavy atom. The third-order valence-corrected chi connectivity index (χ3v) is 2.93. The lowest BCUT2D eigenvalue weighted by Crippen LogP contribution is -2.51. The highest BCUT2D eigenvalue weighted by Gasteiger charge is 2.22. The topological polar surface area (TPSA) is 33.7 Å². The molecule has 0 aromatic rings. The quantitative estimate of drug-likeness (QED) is 0.631. The van der Waals surface area contributed by atoms with E-state index in [1.54, 1.807) is 14.2 Å². The van der Waals surface area contributed by atoms with E-state index in [4.69, 9.17) is 9.47 Å². The van der Waals surface area contributed by atoms with Crippen LogP contribution in [0.3, 0.4) is 0 Å². The molecule has 0 rings (SSSR count). The number of hydrogen-bond acceptors (Lipinski definition) is 4. The van der Waals surface area contributed by atoms with Gasteiger partial charge in [0.2, 0.25) is 0 Å². The van der Waals surface area contributed by atoms with Crippen molar-refractivity contribution >= 4 is 0 Å². The standard InChI is InChI=1S/C13H30N2O2/c1-7-15(12(4)9-16-5)13(10-17-6)8-14-11(2)3/h11-14H,7-10H2,1-6H3. The second-order valence-corrected chi connectivity index (χ2v) is 4.81. The number of rotatable bonds is 10. The van der Waals surface area contributed by atoms with Crippen molar-refractivity contribution in [2.24, 2.45) is 0 Å². The van der Waals surface area contributed by atoms with Gasteiger partial charge in [-0.25, -0.2) is 0 Å². The van der Waals surface area contributed by atoms with E-state index >= 15 is 0 Å². The Morgan fingerprint density at radius 1 is 1.06 bits per heavy atom. The second kappa shape index (κ2) is 9.83. The van der Waals surface area contributed by atoms with Crippen LogP contribution in [0.25, 0.3) is 0 Å². The van der Waals surface area contributed by atoms with Crippen molar-refractivity contribution < 1.29 is 9.47 Å². The second-order valence-electron chi connectivity index (χ2n) is 4.81. The largest absolute Gasteiger partial charge is 0.383 e. The van der Waals surface area contributed by atoms with Crippen LogP contribution in [0.2, 0.25) is 0 Å². The molecule has 1 N–H and O–H groups in total. The van der Waals surface area contributed by atoms with Gasteiger partial charge in [-0.05, 0) is 13.5 Å². The Morgan fingerprint density at radius 2 is 1.65 bits per heavy atom. The molecule has 4 heteroatoms.